The average molecular weight is 307 g/mol. The van der Waals surface area contributed by atoms with Crippen LogP contribution in [0.15, 0.2) is 48.8 Å². The van der Waals surface area contributed by atoms with Crippen LogP contribution >= 0.6 is 0 Å². The molecule has 0 saturated carbocycles. The number of benzene rings is 1. The number of fused-ring (bicyclic) bond motifs is 1. The van der Waals surface area contributed by atoms with Gasteiger partial charge in [0.05, 0.1) is 0 Å². The van der Waals surface area contributed by atoms with E-state index in [1.807, 2.05) is 18.3 Å². The number of likely N-dealkylation sites (N-methyl/N-ethyl adjacent to an activating group) is 1. The Bertz CT molecular complexity index is 894. The quantitative estimate of drug-likeness (QED) is 0.731. The molecule has 0 atom stereocenters. The van der Waals surface area contributed by atoms with E-state index in [2.05, 4.69) is 9.97 Å². The monoisotopic (exact) mass is 307 g/mol. The number of nitrogens with one attached hydrogen (secondary N) is 1. The second kappa shape index (κ2) is 5.96. The van der Waals surface area contributed by atoms with Gasteiger partial charge in [-0.1, -0.05) is 12.1 Å². The van der Waals surface area contributed by atoms with E-state index in [1.165, 1.54) is 11.0 Å². The lowest BCUT2D eigenvalue weighted by atomic mass is 10.1. The average Bonchev–Trinajstić information content (AvgIpc) is 2.94. The Morgan fingerprint density at radius 1 is 1.26 bits per heavy atom. The van der Waals surface area contributed by atoms with E-state index in [4.69, 9.17) is 0 Å². The maximum Gasteiger partial charge on any atom is 0.246 e. The number of rotatable bonds is 3. The number of hydrogen-bond donors (Lipinski definition) is 2. The molecule has 116 valence electrons. The lowest BCUT2D eigenvalue weighted by Crippen LogP contribution is -2.18. The molecule has 0 aliphatic carbocycles. The number of phenolic OH excluding ortho intramolecular Hbond substituents is 1. The highest BCUT2D eigenvalue weighted by atomic mass is 16.3. The molecule has 0 bridgehead atoms. The summed E-state index contributed by atoms with van der Waals surface area (Å²) in [5.74, 6) is 0.143. The number of phenols is 1. The summed E-state index contributed by atoms with van der Waals surface area (Å²) in [6.45, 7) is 0. The fourth-order valence-corrected chi connectivity index (χ4v) is 2.32. The summed E-state index contributed by atoms with van der Waals surface area (Å²) in [5.41, 5.74) is 3.44. The molecule has 1 aromatic carbocycles. The number of amides is 1. The van der Waals surface area contributed by atoms with Crippen molar-refractivity contribution in [1.29, 1.82) is 0 Å². The second-order valence-electron chi connectivity index (χ2n) is 5.48. The predicted molar refractivity (Wildman–Crippen MR) is 90.9 cm³/mol. The van der Waals surface area contributed by atoms with E-state index in [9.17, 15) is 9.90 Å². The van der Waals surface area contributed by atoms with Gasteiger partial charge in [0.1, 0.15) is 11.4 Å². The summed E-state index contributed by atoms with van der Waals surface area (Å²) < 4.78 is 0. The van der Waals surface area contributed by atoms with Crippen LogP contribution in [-0.4, -0.2) is 40.0 Å². The van der Waals surface area contributed by atoms with Crippen molar-refractivity contribution in [2.45, 2.75) is 0 Å². The van der Waals surface area contributed by atoms with Crippen LogP contribution in [0.3, 0.4) is 0 Å². The largest absolute Gasteiger partial charge is 0.508 e. The molecule has 0 radical (unpaired) electrons. The number of nitrogens with zero attached hydrogens (tertiary/aromatic N) is 2. The summed E-state index contributed by atoms with van der Waals surface area (Å²) in [6, 6.07) is 9.03. The zero-order valence-electron chi connectivity index (χ0n) is 12.9. The van der Waals surface area contributed by atoms with Crippen LogP contribution < -0.4 is 0 Å². The normalized spacial score (nSPS) is 11.2. The van der Waals surface area contributed by atoms with Crippen molar-refractivity contribution in [3.8, 4) is 16.9 Å². The highest BCUT2D eigenvalue weighted by Gasteiger charge is 2.07. The van der Waals surface area contributed by atoms with Gasteiger partial charge in [0.25, 0.3) is 0 Å². The number of pyridine rings is 1. The highest BCUT2D eigenvalue weighted by Crippen LogP contribution is 2.27. The van der Waals surface area contributed by atoms with E-state index in [1.54, 1.807) is 44.6 Å². The molecule has 0 aliphatic rings. The molecular formula is C18H17N3O2. The molecule has 0 aliphatic heterocycles. The van der Waals surface area contributed by atoms with E-state index in [0.29, 0.717) is 0 Å². The molecule has 1 amide bonds. The van der Waals surface area contributed by atoms with Gasteiger partial charge >= 0.3 is 0 Å². The summed E-state index contributed by atoms with van der Waals surface area (Å²) in [5, 5.41) is 10.5. The molecule has 5 heteroatoms. The topological polar surface area (TPSA) is 69.2 Å². The van der Waals surface area contributed by atoms with Gasteiger partial charge in [0.2, 0.25) is 5.91 Å². The Hall–Kier alpha value is -3.08. The molecule has 3 aromatic rings. The molecular weight excluding hydrogens is 290 g/mol. The van der Waals surface area contributed by atoms with E-state index in [0.717, 1.165) is 27.7 Å². The number of H-pyrrole nitrogens is 1. The van der Waals surface area contributed by atoms with Crippen LogP contribution in [0.1, 0.15) is 5.56 Å². The van der Waals surface area contributed by atoms with Gasteiger partial charge in [-0.05, 0) is 29.8 Å². The molecule has 2 heterocycles. The maximum atomic E-state index is 11.7. The van der Waals surface area contributed by atoms with E-state index < -0.39 is 0 Å². The van der Waals surface area contributed by atoms with Crippen molar-refractivity contribution >= 4 is 23.0 Å². The van der Waals surface area contributed by atoms with Crippen molar-refractivity contribution in [2.24, 2.45) is 0 Å². The predicted octanol–water partition coefficient (Wildman–Crippen LogP) is 3.04. The lowest BCUT2D eigenvalue weighted by Gasteiger charge is -2.05. The Morgan fingerprint density at radius 2 is 2.09 bits per heavy atom. The Labute approximate surface area is 133 Å². The van der Waals surface area contributed by atoms with Crippen LogP contribution in [0.25, 0.3) is 28.2 Å². The van der Waals surface area contributed by atoms with Crippen molar-refractivity contribution in [3.05, 3.63) is 54.4 Å². The van der Waals surface area contributed by atoms with Gasteiger partial charge in [-0.15, -0.1) is 0 Å². The molecule has 23 heavy (non-hydrogen) atoms. The third-order valence-electron chi connectivity index (χ3n) is 3.59. The standard InChI is InChI=1S/C18H17N3O2/c1-21(2)17(23)7-6-13-10-19-18-16(13)9-14(11-20-18)12-4-3-5-15(22)8-12/h3-11,22H,1-2H3,(H,19,20)/b7-6+. The summed E-state index contributed by atoms with van der Waals surface area (Å²) in [6.07, 6.45) is 6.88. The highest BCUT2D eigenvalue weighted by molar-refractivity contribution is 5.96. The molecule has 0 saturated heterocycles. The summed E-state index contributed by atoms with van der Waals surface area (Å²) >= 11 is 0. The first-order valence-electron chi connectivity index (χ1n) is 7.20. The third-order valence-corrected chi connectivity index (χ3v) is 3.59. The SMILES string of the molecule is CN(C)C(=O)/C=C/c1c[nH]c2ncc(-c3cccc(O)c3)cc12. The Balaban J connectivity index is 2.02. The first-order valence-corrected chi connectivity index (χ1v) is 7.20. The van der Waals surface area contributed by atoms with Gasteiger partial charge in [-0.3, -0.25) is 4.79 Å². The van der Waals surface area contributed by atoms with Gasteiger partial charge in [0.15, 0.2) is 0 Å². The van der Waals surface area contributed by atoms with Crippen molar-refractivity contribution in [3.63, 3.8) is 0 Å². The van der Waals surface area contributed by atoms with Crippen LogP contribution in [0.4, 0.5) is 0 Å². The second-order valence-corrected chi connectivity index (χ2v) is 5.48. The number of aromatic amines is 1. The zero-order valence-corrected chi connectivity index (χ0v) is 12.9. The number of hydrogen-bond acceptors (Lipinski definition) is 3. The number of carbonyl (C=O) groups excluding carboxylic acids is 1. The Kier molecular flexibility index (Phi) is 3.85. The van der Waals surface area contributed by atoms with Gasteiger partial charge in [-0.2, -0.15) is 0 Å². The summed E-state index contributed by atoms with van der Waals surface area (Å²) in [7, 11) is 3.42. The first kappa shape index (κ1) is 14.8. The van der Waals surface area contributed by atoms with Gasteiger partial charge < -0.3 is 15.0 Å². The third kappa shape index (κ3) is 3.08. The van der Waals surface area contributed by atoms with Crippen LogP contribution in [0, 0.1) is 0 Å². The van der Waals surface area contributed by atoms with Crippen molar-refractivity contribution < 1.29 is 9.90 Å². The number of aromatic hydroxyl groups is 1. The smallest absolute Gasteiger partial charge is 0.246 e. The fraction of sp³-hybridized carbons (Fsp3) is 0.111. The van der Waals surface area contributed by atoms with Crippen LogP contribution in [0.5, 0.6) is 5.75 Å². The van der Waals surface area contributed by atoms with Crippen LogP contribution in [-0.2, 0) is 4.79 Å². The molecule has 3 rings (SSSR count). The molecule has 0 unspecified atom stereocenters. The molecule has 2 N–H and O–H groups in total. The minimum absolute atomic E-state index is 0.0727. The van der Waals surface area contributed by atoms with E-state index in [-0.39, 0.29) is 11.7 Å². The molecule has 0 fully saturated rings. The summed E-state index contributed by atoms with van der Waals surface area (Å²) in [4.78, 5) is 20.7. The fourth-order valence-electron chi connectivity index (χ4n) is 2.32. The van der Waals surface area contributed by atoms with E-state index >= 15 is 0 Å². The zero-order chi connectivity index (χ0) is 16.4. The minimum atomic E-state index is -0.0727. The lowest BCUT2D eigenvalue weighted by molar-refractivity contribution is -0.123. The first-order chi connectivity index (χ1) is 11.0. The Morgan fingerprint density at radius 3 is 2.83 bits per heavy atom. The minimum Gasteiger partial charge on any atom is -0.508 e. The number of aromatic nitrogens is 2. The number of carbonyl (C=O) groups is 1. The molecule has 5 nitrogen and oxygen atoms in total. The molecule has 2 aromatic heterocycles. The molecule has 0 spiro atoms. The van der Waals surface area contributed by atoms with Gasteiger partial charge in [0, 0.05) is 49.1 Å². The van der Waals surface area contributed by atoms with Crippen molar-refractivity contribution in [1.82, 2.24) is 14.9 Å². The van der Waals surface area contributed by atoms with Crippen molar-refractivity contribution in [2.75, 3.05) is 14.1 Å². The van der Waals surface area contributed by atoms with Crippen LogP contribution in [0.2, 0.25) is 0 Å². The maximum absolute atomic E-state index is 11.7. The van der Waals surface area contributed by atoms with Gasteiger partial charge in [-0.25, -0.2) is 4.98 Å².